The quantitative estimate of drug-likeness (QED) is 0.517. The largest absolute Gasteiger partial charge is 0.496 e. The molecule has 0 radical (unpaired) electrons. The summed E-state index contributed by atoms with van der Waals surface area (Å²) in [6.45, 7) is 0.796. The first kappa shape index (κ1) is 23.3. The van der Waals surface area contributed by atoms with Crippen LogP contribution in [0.25, 0.3) is 6.08 Å². The number of allylic oxidation sites excluding steroid dienone is 1. The average Bonchev–Trinajstić information content (AvgIpc) is 3.31. The van der Waals surface area contributed by atoms with Crippen LogP contribution in [0.4, 0.5) is 5.69 Å². The van der Waals surface area contributed by atoms with Gasteiger partial charge >= 0.3 is 0 Å². The fourth-order valence-electron chi connectivity index (χ4n) is 4.42. The monoisotopic (exact) mass is 486 g/mol. The number of fused-ring (bicyclic) bond motifs is 2. The molecule has 3 aromatic rings. The Morgan fingerprint density at radius 1 is 1.00 bits per heavy atom. The van der Waals surface area contributed by atoms with Crippen molar-refractivity contribution in [1.82, 2.24) is 4.90 Å². The molecule has 3 aromatic carbocycles. The van der Waals surface area contributed by atoms with E-state index in [2.05, 4.69) is 5.32 Å². The number of nitrogens with zero attached hydrogens (tertiary/aromatic N) is 1. The van der Waals surface area contributed by atoms with E-state index < -0.39 is 0 Å². The number of amides is 1. The first-order chi connectivity index (χ1) is 17.5. The van der Waals surface area contributed by atoms with Gasteiger partial charge in [0.25, 0.3) is 5.91 Å². The average molecular weight is 487 g/mol. The van der Waals surface area contributed by atoms with E-state index in [0.717, 1.165) is 17.5 Å². The number of carbonyl (C=O) groups is 2. The van der Waals surface area contributed by atoms with Crippen molar-refractivity contribution in [3.63, 3.8) is 0 Å². The van der Waals surface area contributed by atoms with Gasteiger partial charge in [0.2, 0.25) is 18.3 Å². The van der Waals surface area contributed by atoms with Gasteiger partial charge in [0.15, 0.2) is 11.5 Å². The van der Waals surface area contributed by atoms with E-state index in [9.17, 15) is 9.59 Å². The number of anilines is 1. The molecule has 36 heavy (non-hydrogen) atoms. The lowest BCUT2D eigenvalue weighted by Crippen LogP contribution is -2.24. The fraction of sp³-hybridized carbons (Fsp3) is 0.214. The molecule has 0 bridgehead atoms. The lowest BCUT2D eigenvalue weighted by molar-refractivity contribution is 0.0998. The van der Waals surface area contributed by atoms with Gasteiger partial charge in [-0.25, -0.2) is 0 Å². The molecule has 0 atom stereocenters. The van der Waals surface area contributed by atoms with E-state index in [4.69, 9.17) is 18.9 Å². The molecule has 0 aromatic heterocycles. The number of carbonyl (C=O) groups excluding carboxylic acids is 2. The van der Waals surface area contributed by atoms with E-state index in [1.165, 1.54) is 7.11 Å². The number of rotatable bonds is 6. The smallest absolute Gasteiger partial charge is 0.259 e. The fourth-order valence-corrected chi connectivity index (χ4v) is 4.42. The van der Waals surface area contributed by atoms with Crippen molar-refractivity contribution in [3.8, 4) is 23.0 Å². The Kier molecular flexibility index (Phi) is 6.25. The summed E-state index contributed by atoms with van der Waals surface area (Å²) in [5, 5.41) is 2.85. The van der Waals surface area contributed by atoms with Gasteiger partial charge in [-0.05, 0) is 60.5 Å². The molecule has 1 N–H and O–H groups in total. The summed E-state index contributed by atoms with van der Waals surface area (Å²) >= 11 is 0. The number of nitrogens with one attached hydrogen (secondary N) is 1. The maximum Gasteiger partial charge on any atom is 0.259 e. The second kappa shape index (κ2) is 9.65. The third-order valence-electron chi connectivity index (χ3n) is 6.35. The number of ketones is 1. The summed E-state index contributed by atoms with van der Waals surface area (Å²) in [6, 6.07) is 15.8. The zero-order chi connectivity index (χ0) is 25.2. The zero-order valence-corrected chi connectivity index (χ0v) is 20.3. The van der Waals surface area contributed by atoms with E-state index in [0.29, 0.717) is 52.1 Å². The molecule has 0 saturated carbocycles. The normalized spacial score (nSPS) is 13.9. The van der Waals surface area contributed by atoms with E-state index in [-0.39, 0.29) is 18.5 Å². The number of benzene rings is 3. The molecule has 0 fully saturated rings. The molecule has 8 nitrogen and oxygen atoms in total. The Morgan fingerprint density at radius 2 is 1.78 bits per heavy atom. The molecular formula is C28H26N2O6. The van der Waals surface area contributed by atoms with Crippen LogP contribution in [0, 0.1) is 0 Å². The first-order valence-corrected chi connectivity index (χ1v) is 11.5. The summed E-state index contributed by atoms with van der Waals surface area (Å²) < 4.78 is 22.1. The van der Waals surface area contributed by atoms with Crippen molar-refractivity contribution in [2.75, 3.05) is 39.9 Å². The predicted octanol–water partition coefficient (Wildman–Crippen LogP) is 4.40. The highest BCUT2D eigenvalue weighted by Gasteiger charge is 2.28. The Labute approximate surface area is 209 Å². The molecule has 0 spiro atoms. The van der Waals surface area contributed by atoms with Crippen LogP contribution >= 0.6 is 0 Å². The molecule has 2 aliphatic rings. The minimum atomic E-state index is -0.292. The Balaban J connectivity index is 1.41. The number of Topliss-reactive ketones (excluding diaryl/α,β-unsaturated/α-hetero) is 1. The highest BCUT2D eigenvalue weighted by Crippen LogP contribution is 2.46. The molecule has 0 aliphatic carbocycles. The van der Waals surface area contributed by atoms with Crippen LogP contribution in [0.5, 0.6) is 23.0 Å². The summed E-state index contributed by atoms with van der Waals surface area (Å²) in [4.78, 5) is 28.2. The minimum Gasteiger partial charge on any atom is -0.496 e. The molecule has 2 aliphatic heterocycles. The summed E-state index contributed by atoms with van der Waals surface area (Å²) in [5.74, 6) is 1.84. The second-order valence-electron chi connectivity index (χ2n) is 8.48. The predicted molar refractivity (Wildman–Crippen MR) is 135 cm³/mol. The Bertz CT molecular complexity index is 1360. The number of likely N-dealkylation sites (N-methyl/N-ethyl adjacent to an activating group) is 1. The van der Waals surface area contributed by atoms with Crippen molar-refractivity contribution in [1.29, 1.82) is 0 Å². The number of ether oxygens (including phenoxy) is 4. The number of methoxy groups -OCH3 is 2. The lowest BCUT2D eigenvalue weighted by atomic mass is 10.0. The molecule has 0 saturated heterocycles. The summed E-state index contributed by atoms with van der Waals surface area (Å²) in [6.07, 6.45) is 2.57. The van der Waals surface area contributed by atoms with Gasteiger partial charge in [0, 0.05) is 30.4 Å². The van der Waals surface area contributed by atoms with E-state index in [1.807, 2.05) is 24.1 Å². The van der Waals surface area contributed by atoms with Crippen LogP contribution in [0.1, 0.15) is 31.8 Å². The van der Waals surface area contributed by atoms with Crippen LogP contribution in [0.3, 0.4) is 0 Å². The van der Waals surface area contributed by atoms with Crippen LogP contribution in [0.2, 0.25) is 0 Å². The molecule has 0 unspecified atom stereocenters. The molecule has 5 rings (SSSR count). The minimum absolute atomic E-state index is 0.132. The van der Waals surface area contributed by atoms with Gasteiger partial charge in [-0.2, -0.15) is 0 Å². The van der Waals surface area contributed by atoms with Gasteiger partial charge in [-0.3, -0.25) is 9.59 Å². The Hall–Kier alpha value is -4.46. The van der Waals surface area contributed by atoms with Crippen molar-refractivity contribution >= 4 is 23.5 Å². The van der Waals surface area contributed by atoms with Crippen LogP contribution < -0.4 is 24.3 Å². The van der Waals surface area contributed by atoms with E-state index >= 15 is 0 Å². The molecule has 1 amide bonds. The highest BCUT2D eigenvalue weighted by atomic mass is 16.7. The molecule has 184 valence electrons. The van der Waals surface area contributed by atoms with Crippen LogP contribution in [-0.4, -0.2) is 51.2 Å². The zero-order valence-electron chi connectivity index (χ0n) is 20.3. The van der Waals surface area contributed by atoms with E-state index in [1.54, 1.807) is 55.6 Å². The van der Waals surface area contributed by atoms with Gasteiger partial charge in [-0.1, -0.05) is 12.1 Å². The standard InChI is InChI=1S/C28H26N2O6/c1-30-13-12-18-14-24-27(36-16-35-24)26(34-3)21(18)15-22(30)25(31)17-8-10-19(11-9-17)29-28(32)20-6-4-5-7-23(20)33-2/h4-11,14-15H,12-13,16H2,1-3H3,(H,29,32). The molecule has 8 heteroatoms. The van der Waals surface area contributed by atoms with Crippen molar-refractivity contribution in [2.24, 2.45) is 0 Å². The van der Waals surface area contributed by atoms with Crippen molar-refractivity contribution in [3.05, 3.63) is 82.5 Å². The number of para-hydroxylation sites is 1. The van der Waals surface area contributed by atoms with Gasteiger partial charge in [0.1, 0.15) is 5.75 Å². The second-order valence-corrected chi connectivity index (χ2v) is 8.48. The molecule has 2 heterocycles. The van der Waals surface area contributed by atoms with Gasteiger partial charge in [-0.15, -0.1) is 0 Å². The molecular weight excluding hydrogens is 460 g/mol. The van der Waals surface area contributed by atoms with Crippen LogP contribution in [0.15, 0.2) is 60.3 Å². The summed E-state index contributed by atoms with van der Waals surface area (Å²) in [5.41, 5.74) is 3.89. The topological polar surface area (TPSA) is 86.3 Å². The maximum atomic E-state index is 13.5. The van der Waals surface area contributed by atoms with Crippen molar-refractivity contribution in [2.45, 2.75) is 6.42 Å². The van der Waals surface area contributed by atoms with Crippen molar-refractivity contribution < 1.29 is 28.5 Å². The maximum absolute atomic E-state index is 13.5. The summed E-state index contributed by atoms with van der Waals surface area (Å²) in [7, 11) is 5.00. The highest BCUT2D eigenvalue weighted by molar-refractivity contribution is 6.12. The van der Waals surface area contributed by atoms with Gasteiger partial charge < -0.3 is 29.2 Å². The SMILES string of the molecule is COc1ccccc1C(=O)Nc1ccc(C(=O)C2=Cc3c(cc4c(c3OC)OCO4)CCN2C)cc1. The number of hydrogen-bond acceptors (Lipinski definition) is 7. The lowest BCUT2D eigenvalue weighted by Gasteiger charge is -2.20. The Morgan fingerprint density at radius 3 is 2.53 bits per heavy atom. The first-order valence-electron chi connectivity index (χ1n) is 11.5. The van der Waals surface area contributed by atoms with Gasteiger partial charge in [0.05, 0.1) is 25.5 Å². The third kappa shape index (κ3) is 4.22. The van der Waals surface area contributed by atoms with Crippen LogP contribution in [-0.2, 0) is 6.42 Å². The number of hydrogen-bond donors (Lipinski definition) is 1. The third-order valence-corrected chi connectivity index (χ3v) is 6.35.